The van der Waals surface area contributed by atoms with Crippen molar-refractivity contribution in [2.45, 2.75) is 39.4 Å². The molecule has 0 aliphatic rings. The molecule has 0 spiro atoms. The highest BCUT2D eigenvalue weighted by Crippen LogP contribution is 2.32. The fourth-order valence-electron chi connectivity index (χ4n) is 2.21. The van der Waals surface area contributed by atoms with Crippen molar-refractivity contribution in [3.8, 4) is 0 Å². The molecule has 0 aliphatic heterocycles. The van der Waals surface area contributed by atoms with Gasteiger partial charge in [-0.15, -0.1) is 0 Å². The fraction of sp³-hybridized carbons (Fsp3) is 0.500. The van der Waals surface area contributed by atoms with Crippen LogP contribution in [-0.4, -0.2) is 29.6 Å². The number of amides is 2. The molecule has 2 amide bonds. The average molecular weight is 346 g/mol. The van der Waals surface area contributed by atoms with E-state index in [9.17, 15) is 27.9 Å². The summed E-state index contributed by atoms with van der Waals surface area (Å²) >= 11 is 0. The van der Waals surface area contributed by atoms with Crippen LogP contribution in [-0.2, 0) is 11.0 Å². The number of carbonyl (C=O) groups excluding carboxylic acids is 2. The van der Waals surface area contributed by atoms with Crippen LogP contribution < -0.4 is 10.6 Å². The van der Waals surface area contributed by atoms with E-state index >= 15 is 0 Å². The van der Waals surface area contributed by atoms with Crippen LogP contribution in [0.4, 0.5) is 18.9 Å². The fourth-order valence-corrected chi connectivity index (χ4v) is 2.21. The summed E-state index contributed by atoms with van der Waals surface area (Å²) < 4.78 is 38.9. The smallest absolute Gasteiger partial charge is 0.394 e. The van der Waals surface area contributed by atoms with Gasteiger partial charge in [-0.1, -0.05) is 13.8 Å². The SMILES string of the molecule is CC(=O)Nc1cc(C(=O)NC(CO)CC(C)C)cc(C(F)(F)F)c1. The van der Waals surface area contributed by atoms with E-state index in [4.69, 9.17) is 0 Å². The van der Waals surface area contributed by atoms with Gasteiger partial charge in [-0.25, -0.2) is 0 Å². The molecule has 0 saturated heterocycles. The standard InChI is InChI=1S/C16H21F3N2O3/c1-9(2)4-14(8-22)21-15(24)11-5-12(16(17,18)19)7-13(6-11)20-10(3)23/h5-7,9,14,22H,4,8H2,1-3H3,(H,20,23)(H,21,24). The highest BCUT2D eigenvalue weighted by molar-refractivity contribution is 5.97. The Morgan fingerprint density at radius 1 is 1.21 bits per heavy atom. The number of hydrogen-bond donors (Lipinski definition) is 3. The molecule has 0 aliphatic carbocycles. The van der Waals surface area contributed by atoms with E-state index in [2.05, 4.69) is 10.6 Å². The first-order valence-corrected chi connectivity index (χ1v) is 7.44. The average Bonchev–Trinajstić information content (AvgIpc) is 2.43. The van der Waals surface area contributed by atoms with Gasteiger partial charge < -0.3 is 15.7 Å². The third-order valence-electron chi connectivity index (χ3n) is 3.15. The third-order valence-corrected chi connectivity index (χ3v) is 3.15. The predicted molar refractivity (Wildman–Crippen MR) is 83.5 cm³/mol. The Kier molecular flexibility index (Phi) is 6.77. The van der Waals surface area contributed by atoms with Gasteiger partial charge in [0, 0.05) is 18.2 Å². The summed E-state index contributed by atoms with van der Waals surface area (Å²) in [6.07, 6.45) is -4.17. The lowest BCUT2D eigenvalue weighted by Crippen LogP contribution is -2.38. The molecule has 0 radical (unpaired) electrons. The molecule has 1 rings (SSSR count). The van der Waals surface area contributed by atoms with Crippen LogP contribution in [0.15, 0.2) is 18.2 Å². The van der Waals surface area contributed by atoms with E-state index in [1.54, 1.807) is 0 Å². The van der Waals surface area contributed by atoms with Crippen LogP contribution in [0.1, 0.15) is 43.1 Å². The molecule has 8 heteroatoms. The highest BCUT2D eigenvalue weighted by atomic mass is 19.4. The number of hydrogen-bond acceptors (Lipinski definition) is 3. The Balaban J connectivity index is 3.11. The van der Waals surface area contributed by atoms with Crippen molar-refractivity contribution in [2.24, 2.45) is 5.92 Å². The van der Waals surface area contributed by atoms with E-state index in [1.807, 2.05) is 13.8 Å². The van der Waals surface area contributed by atoms with Crippen molar-refractivity contribution in [1.29, 1.82) is 0 Å². The Bertz CT molecular complexity index is 601. The zero-order chi connectivity index (χ0) is 18.5. The van der Waals surface area contributed by atoms with E-state index in [0.717, 1.165) is 19.1 Å². The second-order valence-corrected chi connectivity index (χ2v) is 5.96. The van der Waals surface area contributed by atoms with Crippen LogP contribution in [0.5, 0.6) is 0 Å². The summed E-state index contributed by atoms with van der Waals surface area (Å²) in [5, 5.41) is 14.0. The van der Waals surface area contributed by atoms with Crippen LogP contribution in [0.2, 0.25) is 0 Å². The predicted octanol–water partition coefficient (Wildman–Crippen LogP) is 2.80. The quantitative estimate of drug-likeness (QED) is 0.741. The van der Waals surface area contributed by atoms with E-state index in [1.165, 1.54) is 0 Å². The van der Waals surface area contributed by atoms with E-state index in [-0.39, 0.29) is 23.8 Å². The molecule has 134 valence electrons. The van der Waals surface area contributed by atoms with Gasteiger partial charge >= 0.3 is 6.18 Å². The number of carbonyl (C=O) groups is 2. The number of alkyl halides is 3. The number of anilines is 1. The first kappa shape index (κ1) is 20.0. The Hall–Kier alpha value is -2.09. The summed E-state index contributed by atoms with van der Waals surface area (Å²) in [6.45, 7) is 4.63. The molecule has 0 saturated carbocycles. The lowest BCUT2D eigenvalue weighted by atomic mass is 10.0. The van der Waals surface area contributed by atoms with Crippen LogP contribution in [0.3, 0.4) is 0 Å². The molecule has 1 aromatic carbocycles. The lowest BCUT2D eigenvalue weighted by Gasteiger charge is -2.19. The van der Waals surface area contributed by atoms with Gasteiger partial charge in [0.25, 0.3) is 5.91 Å². The molecule has 1 unspecified atom stereocenters. The zero-order valence-electron chi connectivity index (χ0n) is 13.7. The molecule has 5 nitrogen and oxygen atoms in total. The molecule has 0 aromatic heterocycles. The normalized spacial score (nSPS) is 12.8. The molecule has 0 fully saturated rings. The maximum Gasteiger partial charge on any atom is 0.416 e. The van der Waals surface area contributed by atoms with Crippen molar-refractivity contribution < 1.29 is 27.9 Å². The van der Waals surface area contributed by atoms with Gasteiger partial charge in [0.15, 0.2) is 0 Å². The van der Waals surface area contributed by atoms with Gasteiger partial charge in [0.1, 0.15) is 0 Å². The lowest BCUT2D eigenvalue weighted by molar-refractivity contribution is -0.137. The largest absolute Gasteiger partial charge is 0.416 e. The summed E-state index contributed by atoms with van der Waals surface area (Å²) in [7, 11) is 0. The molecule has 0 heterocycles. The number of halogens is 3. The number of nitrogens with one attached hydrogen (secondary N) is 2. The van der Waals surface area contributed by atoms with Crippen LogP contribution in [0, 0.1) is 5.92 Å². The van der Waals surface area contributed by atoms with Crippen molar-refractivity contribution in [3.63, 3.8) is 0 Å². The summed E-state index contributed by atoms with van der Waals surface area (Å²) in [5.41, 5.74) is -1.40. The summed E-state index contributed by atoms with van der Waals surface area (Å²) in [5.74, 6) is -1.10. The molecule has 0 bridgehead atoms. The monoisotopic (exact) mass is 346 g/mol. The van der Waals surface area contributed by atoms with Crippen LogP contribution >= 0.6 is 0 Å². The zero-order valence-corrected chi connectivity index (χ0v) is 13.7. The summed E-state index contributed by atoms with van der Waals surface area (Å²) in [4.78, 5) is 23.3. The number of benzene rings is 1. The first-order valence-electron chi connectivity index (χ1n) is 7.44. The molecule has 3 N–H and O–H groups in total. The number of aliphatic hydroxyl groups is 1. The van der Waals surface area contributed by atoms with Gasteiger partial charge in [-0.3, -0.25) is 9.59 Å². The Morgan fingerprint density at radius 2 is 1.83 bits per heavy atom. The maximum atomic E-state index is 13.0. The maximum absolute atomic E-state index is 13.0. The van der Waals surface area contributed by atoms with Crippen molar-refractivity contribution >= 4 is 17.5 Å². The van der Waals surface area contributed by atoms with Gasteiger partial charge in [-0.05, 0) is 30.5 Å². The topological polar surface area (TPSA) is 78.4 Å². The van der Waals surface area contributed by atoms with Gasteiger partial charge in [0.05, 0.1) is 18.2 Å². The minimum absolute atomic E-state index is 0.119. The van der Waals surface area contributed by atoms with Crippen LogP contribution in [0.25, 0.3) is 0 Å². The number of aliphatic hydroxyl groups excluding tert-OH is 1. The van der Waals surface area contributed by atoms with Gasteiger partial charge in [0.2, 0.25) is 5.91 Å². The second kappa shape index (κ2) is 8.14. The van der Waals surface area contributed by atoms with Crippen molar-refractivity contribution in [3.05, 3.63) is 29.3 Å². The summed E-state index contributed by atoms with van der Waals surface area (Å²) in [6, 6.07) is 2.08. The van der Waals surface area contributed by atoms with E-state index < -0.39 is 29.6 Å². The molecular weight excluding hydrogens is 325 g/mol. The first-order chi connectivity index (χ1) is 11.0. The van der Waals surface area contributed by atoms with Gasteiger partial charge in [-0.2, -0.15) is 13.2 Å². The van der Waals surface area contributed by atoms with Crippen molar-refractivity contribution in [1.82, 2.24) is 5.32 Å². The number of rotatable bonds is 6. The third kappa shape index (κ3) is 6.19. The van der Waals surface area contributed by atoms with Crippen molar-refractivity contribution in [2.75, 3.05) is 11.9 Å². The second-order valence-electron chi connectivity index (χ2n) is 5.96. The Labute approximate surface area is 138 Å². The highest BCUT2D eigenvalue weighted by Gasteiger charge is 2.32. The van der Waals surface area contributed by atoms with E-state index in [0.29, 0.717) is 12.5 Å². The minimum atomic E-state index is -4.65. The minimum Gasteiger partial charge on any atom is -0.394 e. The molecule has 1 aromatic rings. The molecular formula is C16H21F3N2O3. The molecule has 1 atom stereocenters. The Morgan fingerprint density at radius 3 is 2.29 bits per heavy atom. The molecule has 24 heavy (non-hydrogen) atoms.